The Labute approximate surface area is 118 Å². The highest BCUT2D eigenvalue weighted by molar-refractivity contribution is 5.92. The summed E-state index contributed by atoms with van der Waals surface area (Å²) in [7, 11) is 0. The summed E-state index contributed by atoms with van der Waals surface area (Å²) >= 11 is 0. The molecule has 2 rings (SSSR count). The maximum Gasteiger partial charge on any atom is 0.307 e. The molecule has 1 saturated carbocycles. The first-order valence-electron chi connectivity index (χ1n) is 6.92. The van der Waals surface area contributed by atoms with Crippen molar-refractivity contribution in [2.24, 2.45) is 11.7 Å². The molecule has 0 saturated heterocycles. The molecule has 1 aliphatic carbocycles. The summed E-state index contributed by atoms with van der Waals surface area (Å²) in [6.45, 7) is 0. The maximum absolute atomic E-state index is 12.1. The zero-order valence-corrected chi connectivity index (χ0v) is 11.3. The minimum atomic E-state index is -0.861. The third-order valence-electron chi connectivity index (χ3n) is 3.72. The smallest absolute Gasteiger partial charge is 0.307 e. The van der Waals surface area contributed by atoms with Gasteiger partial charge >= 0.3 is 5.97 Å². The molecule has 1 amide bonds. The number of rotatable bonds is 4. The van der Waals surface area contributed by atoms with Crippen LogP contribution < -0.4 is 11.1 Å². The lowest BCUT2D eigenvalue weighted by molar-refractivity contribution is -0.136. The second kappa shape index (κ2) is 6.52. The molecule has 0 spiro atoms. The molecule has 0 radical (unpaired) electrons. The van der Waals surface area contributed by atoms with Gasteiger partial charge in [0, 0.05) is 17.6 Å². The van der Waals surface area contributed by atoms with Gasteiger partial charge in [0.2, 0.25) is 5.91 Å². The Balaban J connectivity index is 1.89. The van der Waals surface area contributed by atoms with E-state index < -0.39 is 5.97 Å². The molecule has 0 atom stereocenters. The van der Waals surface area contributed by atoms with Crippen LogP contribution in [0, 0.1) is 5.92 Å². The molecule has 0 aromatic heterocycles. The van der Waals surface area contributed by atoms with Crippen molar-refractivity contribution >= 4 is 17.6 Å². The summed E-state index contributed by atoms with van der Waals surface area (Å²) in [5.74, 6) is -0.795. The van der Waals surface area contributed by atoms with Gasteiger partial charge in [-0.25, -0.2) is 0 Å². The molecule has 5 nitrogen and oxygen atoms in total. The third kappa shape index (κ3) is 4.06. The van der Waals surface area contributed by atoms with Crippen LogP contribution in [0.4, 0.5) is 5.69 Å². The fourth-order valence-corrected chi connectivity index (χ4v) is 2.51. The van der Waals surface area contributed by atoms with Crippen LogP contribution in [0.1, 0.15) is 31.2 Å². The van der Waals surface area contributed by atoms with Crippen LogP contribution >= 0.6 is 0 Å². The van der Waals surface area contributed by atoms with Crippen LogP contribution in [0.5, 0.6) is 0 Å². The monoisotopic (exact) mass is 276 g/mol. The lowest BCUT2D eigenvalue weighted by Gasteiger charge is -2.25. The molecule has 0 aliphatic heterocycles. The average Bonchev–Trinajstić information content (AvgIpc) is 2.41. The maximum atomic E-state index is 12.1. The van der Waals surface area contributed by atoms with Crippen LogP contribution in [0.25, 0.3) is 0 Å². The normalized spacial score (nSPS) is 22.2. The van der Waals surface area contributed by atoms with Crippen molar-refractivity contribution < 1.29 is 14.7 Å². The fraction of sp³-hybridized carbons (Fsp3) is 0.467. The molecule has 1 fully saturated rings. The molecule has 1 aromatic carbocycles. The first-order valence-corrected chi connectivity index (χ1v) is 6.92. The number of amides is 1. The van der Waals surface area contributed by atoms with Gasteiger partial charge in [-0.3, -0.25) is 9.59 Å². The molecular formula is C15H20N2O3. The quantitative estimate of drug-likeness (QED) is 0.781. The summed E-state index contributed by atoms with van der Waals surface area (Å²) in [6, 6.07) is 7.16. The van der Waals surface area contributed by atoms with Crippen LogP contribution in [0.3, 0.4) is 0 Å². The topological polar surface area (TPSA) is 92.4 Å². The Bertz CT molecular complexity index is 476. The first kappa shape index (κ1) is 14.5. The number of carbonyl (C=O) groups excluding carboxylic acids is 1. The summed E-state index contributed by atoms with van der Waals surface area (Å²) in [6.07, 6.45) is 3.47. The first-order chi connectivity index (χ1) is 9.54. The molecule has 20 heavy (non-hydrogen) atoms. The van der Waals surface area contributed by atoms with E-state index >= 15 is 0 Å². The van der Waals surface area contributed by atoms with E-state index in [1.807, 2.05) is 0 Å². The van der Waals surface area contributed by atoms with Gasteiger partial charge in [0.15, 0.2) is 0 Å². The largest absolute Gasteiger partial charge is 0.481 e. The van der Waals surface area contributed by atoms with Gasteiger partial charge in [-0.2, -0.15) is 0 Å². The van der Waals surface area contributed by atoms with Crippen molar-refractivity contribution in [2.45, 2.75) is 38.1 Å². The second-order valence-electron chi connectivity index (χ2n) is 5.37. The number of benzene rings is 1. The van der Waals surface area contributed by atoms with E-state index in [4.69, 9.17) is 10.8 Å². The fourth-order valence-electron chi connectivity index (χ4n) is 2.51. The van der Waals surface area contributed by atoms with Crippen molar-refractivity contribution in [1.29, 1.82) is 0 Å². The Morgan fingerprint density at radius 3 is 2.30 bits per heavy atom. The lowest BCUT2D eigenvalue weighted by Crippen LogP contribution is -2.32. The van der Waals surface area contributed by atoms with E-state index in [-0.39, 0.29) is 24.3 Å². The number of carboxylic acids is 1. The van der Waals surface area contributed by atoms with E-state index in [9.17, 15) is 9.59 Å². The molecule has 0 bridgehead atoms. The predicted molar refractivity (Wildman–Crippen MR) is 76.3 cm³/mol. The number of carboxylic acid groups (broad SMARTS) is 1. The summed E-state index contributed by atoms with van der Waals surface area (Å²) in [4.78, 5) is 22.7. The van der Waals surface area contributed by atoms with Crippen LogP contribution in [-0.2, 0) is 16.0 Å². The Morgan fingerprint density at radius 1 is 1.15 bits per heavy atom. The molecule has 1 aliphatic rings. The molecule has 1 aromatic rings. The van der Waals surface area contributed by atoms with Gasteiger partial charge in [0.05, 0.1) is 6.42 Å². The van der Waals surface area contributed by atoms with Gasteiger partial charge in [-0.1, -0.05) is 12.1 Å². The summed E-state index contributed by atoms with van der Waals surface area (Å²) in [5.41, 5.74) is 7.26. The van der Waals surface area contributed by atoms with Gasteiger partial charge in [0.1, 0.15) is 0 Å². The standard InChI is InChI=1S/C15H20N2O3/c16-12-5-3-11(4-6-12)15(20)17-13-7-1-10(2-8-13)9-14(18)19/h1-2,7-8,11-12H,3-6,9,16H2,(H,17,20)(H,18,19). The second-order valence-corrected chi connectivity index (χ2v) is 5.37. The van der Waals surface area contributed by atoms with Gasteiger partial charge < -0.3 is 16.2 Å². The lowest BCUT2D eigenvalue weighted by atomic mass is 9.86. The molecule has 108 valence electrons. The zero-order chi connectivity index (χ0) is 14.5. The SMILES string of the molecule is NC1CCC(C(=O)Nc2ccc(CC(=O)O)cc2)CC1. The van der Waals surface area contributed by atoms with Gasteiger partial charge in [-0.15, -0.1) is 0 Å². The van der Waals surface area contributed by atoms with Crippen LogP contribution in [-0.4, -0.2) is 23.0 Å². The average molecular weight is 276 g/mol. The Kier molecular flexibility index (Phi) is 4.74. The molecule has 4 N–H and O–H groups in total. The minimum absolute atomic E-state index is 0.00522. The third-order valence-corrected chi connectivity index (χ3v) is 3.72. The minimum Gasteiger partial charge on any atom is -0.481 e. The molecule has 0 unspecified atom stereocenters. The number of carbonyl (C=O) groups is 2. The number of hydrogen-bond donors (Lipinski definition) is 3. The molecular weight excluding hydrogens is 256 g/mol. The van der Waals surface area contributed by atoms with E-state index in [0.717, 1.165) is 31.2 Å². The summed E-state index contributed by atoms with van der Waals surface area (Å²) in [5, 5.41) is 11.6. The number of anilines is 1. The predicted octanol–water partition coefficient (Wildman–Crippen LogP) is 1.77. The Morgan fingerprint density at radius 2 is 1.75 bits per heavy atom. The molecule has 5 heteroatoms. The number of nitrogens with two attached hydrogens (primary N) is 1. The highest BCUT2D eigenvalue weighted by Crippen LogP contribution is 2.24. The van der Waals surface area contributed by atoms with E-state index in [2.05, 4.69) is 5.32 Å². The number of nitrogens with one attached hydrogen (secondary N) is 1. The van der Waals surface area contributed by atoms with E-state index in [1.165, 1.54) is 0 Å². The van der Waals surface area contributed by atoms with Gasteiger partial charge in [-0.05, 0) is 43.4 Å². The van der Waals surface area contributed by atoms with Crippen molar-refractivity contribution in [3.8, 4) is 0 Å². The van der Waals surface area contributed by atoms with Crippen molar-refractivity contribution in [3.63, 3.8) is 0 Å². The van der Waals surface area contributed by atoms with Crippen LogP contribution in [0.2, 0.25) is 0 Å². The van der Waals surface area contributed by atoms with E-state index in [0.29, 0.717) is 5.69 Å². The Hall–Kier alpha value is -1.88. The zero-order valence-electron chi connectivity index (χ0n) is 11.3. The van der Waals surface area contributed by atoms with Crippen molar-refractivity contribution in [1.82, 2.24) is 0 Å². The highest BCUT2D eigenvalue weighted by atomic mass is 16.4. The van der Waals surface area contributed by atoms with Crippen molar-refractivity contribution in [3.05, 3.63) is 29.8 Å². The number of aliphatic carboxylic acids is 1. The van der Waals surface area contributed by atoms with Gasteiger partial charge in [0.25, 0.3) is 0 Å². The van der Waals surface area contributed by atoms with E-state index in [1.54, 1.807) is 24.3 Å². The summed E-state index contributed by atoms with van der Waals surface area (Å²) < 4.78 is 0. The molecule has 0 heterocycles. The number of hydrogen-bond acceptors (Lipinski definition) is 3. The van der Waals surface area contributed by atoms with Crippen molar-refractivity contribution in [2.75, 3.05) is 5.32 Å². The highest BCUT2D eigenvalue weighted by Gasteiger charge is 2.24. The van der Waals surface area contributed by atoms with Crippen LogP contribution in [0.15, 0.2) is 24.3 Å².